The summed E-state index contributed by atoms with van der Waals surface area (Å²) in [5.41, 5.74) is 0. The number of nitrogens with one attached hydrogen (secondary N) is 1. The molecular weight excluding hydrogens is 195 g/mol. The third-order valence-corrected chi connectivity index (χ3v) is 1.85. The molecule has 0 saturated carbocycles. The van der Waals surface area contributed by atoms with Gasteiger partial charge in [0.05, 0.1) is 13.0 Å². The number of hydrogen-bond acceptors (Lipinski definition) is 2. The van der Waals surface area contributed by atoms with Crippen molar-refractivity contribution in [3.63, 3.8) is 0 Å². The SMILES string of the molecule is CCCC(COC)NCCC(F)(F)F. The monoisotopic (exact) mass is 213 g/mol. The van der Waals surface area contributed by atoms with E-state index in [0.29, 0.717) is 6.61 Å². The molecule has 1 N–H and O–H groups in total. The zero-order valence-corrected chi connectivity index (χ0v) is 8.66. The van der Waals surface area contributed by atoms with Crippen LogP contribution in [0.2, 0.25) is 0 Å². The normalized spacial score (nSPS) is 14.4. The Kier molecular flexibility index (Phi) is 6.92. The smallest absolute Gasteiger partial charge is 0.383 e. The maximum Gasteiger partial charge on any atom is 0.390 e. The average molecular weight is 213 g/mol. The van der Waals surface area contributed by atoms with E-state index in [9.17, 15) is 13.2 Å². The van der Waals surface area contributed by atoms with E-state index < -0.39 is 12.6 Å². The second-order valence-corrected chi connectivity index (χ2v) is 3.26. The molecule has 0 spiro atoms. The molecule has 0 bridgehead atoms. The first-order valence-electron chi connectivity index (χ1n) is 4.78. The predicted molar refractivity (Wildman–Crippen MR) is 49.2 cm³/mol. The quantitative estimate of drug-likeness (QED) is 0.701. The number of alkyl halides is 3. The van der Waals surface area contributed by atoms with Crippen molar-refractivity contribution in [1.82, 2.24) is 5.32 Å². The summed E-state index contributed by atoms with van der Waals surface area (Å²) in [4.78, 5) is 0. The maximum absolute atomic E-state index is 11.8. The van der Waals surface area contributed by atoms with Gasteiger partial charge in [-0.2, -0.15) is 13.2 Å². The molecule has 0 rings (SSSR count). The number of methoxy groups -OCH3 is 1. The first-order valence-corrected chi connectivity index (χ1v) is 4.78. The molecule has 0 fully saturated rings. The summed E-state index contributed by atoms with van der Waals surface area (Å²) in [6, 6.07) is 0.0346. The fourth-order valence-electron chi connectivity index (χ4n) is 1.21. The van der Waals surface area contributed by atoms with E-state index in [0.717, 1.165) is 12.8 Å². The van der Waals surface area contributed by atoms with Crippen LogP contribution in [0, 0.1) is 0 Å². The molecule has 1 unspecified atom stereocenters. The lowest BCUT2D eigenvalue weighted by Crippen LogP contribution is -2.35. The van der Waals surface area contributed by atoms with Gasteiger partial charge in [0.15, 0.2) is 0 Å². The third kappa shape index (κ3) is 8.31. The molecule has 5 heteroatoms. The molecule has 0 aliphatic carbocycles. The van der Waals surface area contributed by atoms with Gasteiger partial charge in [-0.25, -0.2) is 0 Å². The van der Waals surface area contributed by atoms with Crippen LogP contribution in [0.15, 0.2) is 0 Å². The zero-order valence-electron chi connectivity index (χ0n) is 8.66. The van der Waals surface area contributed by atoms with Crippen molar-refractivity contribution in [2.45, 2.75) is 38.4 Å². The molecular formula is C9H18F3NO. The van der Waals surface area contributed by atoms with Gasteiger partial charge in [0.2, 0.25) is 0 Å². The minimum Gasteiger partial charge on any atom is -0.383 e. The van der Waals surface area contributed by atoms with Crippen molar-refractivity contribution in [2.24, 2.45) is 0 Å². The van der Waals surface area contributed by atoms with E-state index in [1.54, 1.807) is 7.11 Å². The van der Waals surface area contributed by atoms with E-state index in [1.807, 2.05) is 6.92 Å². The van der Waals surface area contributed by atoms with Gasteiger partial charge in [-0.1, -0.05) is 13.3 Å². The molecule has 2 nitrogen and oxygen atoms in total. The van der Waals surface area contributed by atoms with Crippen LogP contribution in [0.1, 0.15) is 26.2 Å². The van der Waals surface area contributed by atoms with Crippen LogP contribution < -0.4 is 5.32 Å². The second-order valence-electron chi connectivity index (χ2n) is 3.26. The third-order valence-electron chi connectivity index (χ3n) is 1.85. The van der Waals surface area contributed by atoms with Crippen molar-refractivity contribution in [3.05, 3.63) is 0 Å². The van der Waals surface area contributed by atoms with Gasteiger partial charge in [-0.3, -0.25) is 0 Å². The Morgan fingerprint density at radius 3 is 2.43 bits per heavy atom. The predicted octanol–water partition coefficient (Wildman–Crippen LogP) is 2.34. The molecule has 86 valence electrons. The topological polar surface area (TPSA) is 21.3 Å². The standard InChI is InChI=1S/C9H18F3NO/c1-3-4-8(7-14-2)13-6-5-9(10,11)12/h8,13H,3-7H2,1-2H3. The molecule has 0 radical (unpaired) electrons. The lowest BCUT2D eigenvalue weighted by molar-refractivity contribution is -0.133. The van der Waals surface area contributed by atoms with E-state index >= 15 is 0 Å². The van der Waals surface area contributed by atoms with E-state index in [4.69, 9.17) is 4.74 Å². The van der Waals surface area contributed by atoms with E-state index in [2.05, 4.69) is 5.32 Å². The number of ether oxygens (including phenoxy) is 1. The van der Waals surface area contributed by atoms with Crippen LogP contribution in [0.4, 0.5) is 13.2 Å². The highest BCUT2D eigenvalue weighted by Gasteiger charge is 2.26. The lowest BCUT2D eigenvalue weighted by Gasteiger charge is -2.17. The molecule has 0 heterocycles. The fraction of sp³-hybridized carbons (Fsp3) is 1.00. The summed E-state index contributed by atoms with van der Waals surface area (Å²) in [7, 11) is 1.55. The number of rotatable bonds is 7. The highest BCUT2D eigenvalue weighted by molar-refractivity contribution is 4.66. The second kappa shape index (κ2) is 7.06. The van der Waals surface area contributed by atoms with Crippen molar-refractivity contribution < 1.29 is 17.9 Å². The summed E-state index contributed by atoms with van der Waals surface area (Å²) < 4.78 is 40.3. The largest absolute Gasteiger partial charge is 0.390 e. The van der Waals surface area contributed by atoms with Gasteiger partial charge in [0.1, 0.15) is 0 Å². The van der Waals surface area contributed by atoms with Crippen LogP contribution in [-0.2, 0) is 4.74 Å². The van der Waals surface area contributed by atoms with Crippen molar-refractivity contribution in [2.75, 3.05) is 20.3 Å². The summed E-state index contributed by atoms with van der Waals surface area (Å²) in [5.74, 6) is 0. The molecule has 0 aliphatic heterocycles. The molecule has 0 aromatic rings. The van der Waals surface area contributed by atoms with E-state index in [1.165, 1.54) is 0 Å². The molecule has 1 atom stereocenters. The van der Waals surface area contributed by atoms with E-state index in [-0.39, 0.29) is 12.6 Å². The van der Waals surface area contributed by atoms with Crippen LogP contribution >= 0.6 is 0 Å². The molecule has 0 amide bonds. The molecule has 0 saturated heterocycles. The maximum atomic E-state index is 11.8. The molecule has 0 aromatic carbocycles. The van der Waals surface area contributed by atoms with Crippen molar-refractivity contribution in [1.29, 1.82) is 0 Å². The summed E-state index contributed by atoms with van der Waals surface area (Å²) in [6.07, 6.45) is -3.08. The van der Waals surface area contributed by atoms with Crippen LogP contribution in [-0.4, -0.2) is 32.5 Å². The summed E-state index contributed by atoms with van der Waals surface area (Å²) in [5, 5.41) is 2.83. The van der Waals surface area contributed by atoms with Gasteiger partial charge in [0, 0.05) is 19.7 Å². The van der Waals surface area contributed by atoms with Gasteiger partial charge in [0.25, 0.3) is 0 Å². The molecule has 0 aliphatic rings. The van der Waals surface area contributed by atoms with Crippen LogP contribution in [0.5, 0.6) is 0 Å². The summed E-state index contributed by atoms with van der Waals surface area (Å²) in [6.45, 7) is 2.43. The first-order chi connectivity index (χ1) is 6.49. The minimum absolute atomic E-state index is 0.0302. The Morgan fingerprint density at radius 1 is 1.36 bits per heavy atom. The summed E-state index contributed by atoms with van der Waals surface area (Å²) >= 11 is 0. The first kappa shape index (κ1) is 13.7. The van der Waals surface area contributed by atoms with Crippen molar-refractivity contribution in [3.8, 4) is 0 Å². The van der Waals surface area contributed by atoms with Crippen LogP contribution in [0.25, 0.3) is 0 Å². The van der Waals surface area contributed by atoms with Crippen LogP contribution in [0.3, 0.4) is 0 Å². The van der Waals surface area contributed by atoms with Crippen molar-refractivity contribution >= 4 is 0 Å². The number of halogens is 3. The lowest BCUT2D eigenvalue weighted by atomic mass is 10.2. The highest BCUT2D eigenvalue weighted by atomic mass is 19.4. The molecule has 14 heavy (non-hydrogen) atoms. The molecule has 0 aromatic heterocycles. The zero-order chi connectivity index (χ0) is 11.0. The van der Waals surface area contributed by atoms with Gasteiger partial charge >= 0.3 is 6.18 Å². The Morgan fingerprint density at radius 2 is 2.00 bits per heavy atom. The highest BCUT2D eigenvalue weighted by Crippen LogP contribution is 2.18. The van der Waals surface area contributed by atoms with Gasteiger partial charge in [-0.05, 0) is 6.42 Å². The fourth-order valence-corrected chi connectivity index (χ4v) is 1.21. The number of hydrogen-bond donors (Lipinski definition) is 1. The van der Waals surface area contributed by atoms with Gasteiger partial charge in [-0.15, -0.1) is 0 Å². The van der Waals surface area contributed by atoms with Gasteiger partial charge < -0.3 is 10.1 Å². The Bertz CT molecular complexity index is 133. The Balaban J connectivity index is 3.60. The Hall–Kier alpha value is -0.290. The average Bonchev–Trinajstić information content (AvgIpc) is 2.02. The Labute approximate surface area is 82.8 Å². The minimum atomic E-state index is -4.07.